The maximum atomic E-state index is 12.6. The van der Waals surface area contributed by atoms with Crippen LogP contribution >= 0.6 is 0 Å². The van der Waals surface area contributed by atoms with Gasteiger partial charge in [-0.3, -0.25) is 0 Å². The zero-order valence-corrected chi connectivity index (χ0v) is 16.6. The van der Waals surface area contributed by atoms with Crippen LogP contribution in [0, 0.1) is 23.7 Å². The SMILES string of the molecule is C[C@@H]1CCC2[C@@H](C)[C@H](OC(=O)c3ccccc3)OC3OC4(C)CCC1[C@]32OO4. The summed E-state index contributed by atoms with van der Waals surface area (Å²) in [6.45, 7) is 6.25. The summed E-state index contributed by atoms with van der Waals surface area (Å²) < 4.78 is 18.4. The molecule has 1 aliphatic carbocycles. The number of carbonyl (C=O) groups is 1. The van der Waals surface area contributed by atoms with E-state index in [0.717, 1.165) is 25.7 Å². The molecule has 4 unspecified atom stereocenters. The summed E-state index contributed by atoms with van der Waals surface area (Å²) >= 11 is 0. The predicted octanol–water partition coefficient (Wildman–Crippen LogP) is 4.05. The zero-order chi connectivity index (χ0) is 19.5. The molecule has 4 heterocycles. The van der Waals surface area contributed by atoms with Crippen LogP contribution in [0.5, 0.6) is 0 Å². The molecule has 0 radical (unpaired) electrons. The first kappa shape index (κ1) is 18.6. The lowest BCUT2D eigenvalue weighted by atomic mass is 9.58. The highest BCUT2D eigenvalue weighted by Crippen LogP contribution is 2.60. The van der Waals surface area contributed by atoms with Gasteiger partial charge in [0.05, 0.1) is 5.56 Å². The highest BCUT2D eigenvalue weighted by Gasteiger charge is 2.69. The minimum Gasteiger partial charge on any atom is -0.432 e. The monoisotopic (exact) mass is 388 g/mol. The smallest absolute Gasteiger partial charge is 0.340 e. The molecule has 1 saturated carbocycles. The van der Waals surface area contributed by atoms with Crippen LogP contribution in [0.25, 0.3) is 0 Å². The molecule has 2 bridgehead atoms. The lowest BCUT2D eigenvalue weighted by Gasteiger charge is -2.59. The van der Waals surface area contributed by atoms with Crippen molar-refractivity contribution in [3.05, 3.63) is 35.9 Å². The number of carbonyl (C=O) groups excluding carboxylic acids is 1. The lowest BCUT2D eigenvalue weighted by molar-refractivity contribution is -0.576. The normalized spacial score (nSPS) is 47.1. The molecule has 152 valence electrons. The van der Waals surface area contributed by atoms with E-state index in [9.17, 15) is 4.79 Å². The minimum absolute atomic E-state index is 0.0198. The van der Waals surface area contributed by atoms with Crippen LogP contribution in [-0.4, -0.2) is 29.9 Å². The van der Waals surface area contributed by atoms with Crippen molar-refractivity contribution in [2.75, 3.05) is 0 Å². The summed E-state index contributed by atoms with van der Waals surface area (Å²) in [5, 5.41) is 0. The lowest BCUT2D eigenvalue weighted by Crippen LogP contribution is -2.70. The average molecular weight is 388 g/mol. The number of benzene rings is 1. The highest BCUT2D eigenvalue weighted by atomic mass is 17.3. The van der Waals surface area contributed by atoms with Crippen molar-refractivity contribution >= 4 is 5.97 Å². The van der Waals surface area contributed by atoms with E-state index in [1.165, 1.54) is 0 Å². The van der Waals surface area contributed by atoms with Crippen LogP contribution < -0.4 is 0 Å². The Morgan fingerprint density at radius 3 is 2.64 bits per heavy atom. The molecule has 5 aliphatic rings. The Labute approximate surface area is 165 Å². The van der Waals surface area contributed by atoms with Crippen molar-refractivity contribution in [3.8, 4) is 0 Å². The number of ether oxygens (including phenoxy) is 3. The third kappa shape index (κ3) is 2.65. The van der Waals surface area contributed by atoms with E-state index < -0.39 is 24.0 Å². The third-order valence-electron chi connectivity index (χ3n) is 7.33. The van der Waals surface area contributed by atoms with Gasteiger partial charge in [0.1, 0.15) is 0 Å². The van der Waals surface area contributed by atoms with Gasteiger partial charge in [-0.2, -0.15) is 0 Å². The molecular weight excluding hydrogens is 360 g/mol. The summed E-state index contributed by atoms with van der Waals surface area (Å²) in [7, 11) is 0. The first-order valence-electron chi connectivity index (χ1n) is 10.4. The minimum atomic E-state index is -0.827. The number of hydrogen-bond donors (Lipinski definition) is 0. The van der Waals surface area contributed by atoms with Crippen LogP contribution in [0.4, 0.5) is 0 Å². The van der Waals surface area contributed by atoms with Crippen molar-refractivity contribution in [2.24, 2.45) is 23.7 Å². The Morgan fingerprint density at radius 2 is 1.86 bits per heavy atom. The fourth-order valence-corrected chi connectivity index (χ4v) is 5.75. The van der Waals surface area contributed by atoms with Crippen LogP contribution in [0.2, 0.25) is 0 Å². The molecule has 0 aromatic heterocycles. The zero-order valence-electron chi connectivity index (χ0n) is 16.6. The Kier molecular flexibility index (Phi) is 4.32. The molecule has 0 amide bonds. The molecule has 8 atom stereocenters. The number of esters is 1. The Hall–Kier alpha value is -1.47. The van der Waals surface area contributed by atoms with E-state index in [1.807, 2.05) is 25.1 Å². The fourth-order valence-electron chi connectivity index (χ4n) is 5.75. The third-order valence-corrected chi connectivity index (χ3v) is 7.33. The second-order valence-corrected chi connectivity index (χ2v) is 9.05. The van der Waals surface area contributed by atoms with Gasteiger partial charge >= 0.3 is 5.97 Å². The average Bonchev–Trinajstić information content (AvgIpc) is 2.92. The molecule has 1 aromatic carbocycles. The highest BCUT2D eigenvalue weighted by molar-refractivity contribution is 5.89. The first-order valence-corrected chi connectivity index (χ1v) is 10.4. The van der Waals surface area contributed by atoms with E-state index in [2.05, 4.69) is 13.8 Å². The summed E-state index contributed by atoms with van der Waals surface area (Å²) in [5.74, 6) is -0.278. The van der Waals surface area contributed by atoms with E-state index in [-0.39, 0.29) is 17.8 Å². The summed E-state index contributed by atoms with van der Waals surface area (Å²) in [4.78, 5) is 24.5. The Bertz CT molecular complexity index is 753. The van der Waals surface area contributed by atoms with Gasteiger partial charge in [-0.25, -0.2) is 14.6 Å². The molecule has 1 aromatic rings. The van der Waals surface area contributed by atoms with Gasteiger partial charge in [-0.15, -0.1) is 0 Å². The van der Waals surface area contributed by atoms with Gasteiger partial charge in [0, 0.05) is 18.3 Å². The van der Waals surface area contributed by atoms with Gasteiger partial charge in [0.25, 0.3) is 0 Å². The molecule has 6 nitrogen and oxygen atoms in total. The maximum absolute atomic E-state index is 12.6. The second kappa shape index (κ2) is 6.52. The van der Waals surface area contributed by atoms with Crippen molar-refractivity contribution in [1.29, 1.82) is 0 Å². The molecule has 6 rings (SSSR count). The Balaban J connectivity index is 1.46. The van der Waals surface area contributed by atoms with E-state index in [1.54, 1.807) is 12.1 Å². The Morgan fingerprint density at radius 1 is 1.07 bits per heavy atom. The molecule has 6 heteroatoms. The van der Waals surface area contributed by atoms with Crippen molar-refractivity contribution < 1.29 is 28.8 Å². The van der Waals surface area contributed by atoms with Crippen LogP contribution in [0.15, 0.2) is 30.3 Å². The number of fused-ring (bicyclic) bond motifs is 2. The van der Waals surface area contributed by atoms with E-state index >= 15 is 0 Å². The second-order valence-electron chi connectivity index (χ2n) is 9.05. The van der Waals surface area contributed by atoms with Gasteiger partial charge in [0.15, 0.2) is 11.9 Å². The summed E-state index contributed by atoms with van der Waals surface area (Å²) in [6, 6.07) is 9.01. The molecule has 5 fully saturated rings. The fraction of sp³-hybridized carbons (Fsp3) is 0.682. The number of hydrogen-bond acceptors (Lipinski definition) is 6. The van der Waals surface area contributed by atoms with Gasteiger partial charge < -0.3 is 14.2 Å². The quantitative estimate of drug-likeness (QED) is 0.563. The largest absolute Gasteiger partial charge is 0.432 e. The van der Waals surface area contributed by atoms with E-state index in [0.29, 0.717) is 17.4 Å². The summed E-state index contributed by atoms with van der Waals surface area (Å²) in [5.41, 5.74) is -0.119. The standard InChI is InChI=1S/C22H28O6/c1-13-9-10-17-14(2)19(24-18(23)15-7-5-4-6-8-15)25-20-22(17)16(13)11-12-21(3,26-20)27-28-22/h4-8,13-14,16-17,19-20H,9-12H2,1-3H3/t13-,14-,16?,17?,19-,20?,21?,22-/m1/s1. The molecule has 28 heavy (non-hydrogen) atoms. The molecular formula is C22H28O6. The van der Waals surface area contributed by atoms with Crippen molar-refractivity contribution in [3.63, 3.8) is 0 Å². The van der Waals surface area contributed by atoms with Gasteiger partial charge in [0.2, 0.25) is 12.1 Å². The topological polar surface area (TPSA) is 63.2 Å². The van der Waals surface area contributed by atoms with Crippen LogP contribution in [0.3, 0.4) is 0 Å². The van der Waals surface area contributed by atoms with Gasteiger partial charge in [-0.1, -0.05) is 32.0 Å². The maximum Gasteiger partial charge on any atom is 0.340 e. The molecule has 1 spiro atoms. The first-order chi connectivity index (χ1) is 13.4. The number of rotatable bonds is 2. The van der Waals surface area contributed by atoms with Crippen molar-refractivity contribution in [1.82, 2.24) is 0 Å². The predicted molar refractivity (Wildman–Crippen MR) is 98.7 cm³/mol. The van der Waals surface area contributed by atoms with Crippen molar-refractivity contribution in [2.45, 2.75) is 70.4 Å². The summed E-state index contributed by atoms with van der Waals surface area (Å²) in [6.07, 6.45) is 2.56. The van der Waals surface area contributed by atoms with Crippen LogP contribution in [0.1, 0.15) is 56.8 Å². The molecule has 4 aliphatic heterocycles. The molecule has 4 saturated heterocycles. The molecule has 0 N–H and O–H groups in total. The van der Waals surface area contributed by atoms with Gasteiger partial charge in [-0.05, 0) is 50.2 Å². The van der Waals surface area contributed by atoms with E-state index in [4.69, 9.17) is 24.0 Å². The van der Waals surface area contributed by atoms with Crippen LogP contribution in [-0.2, 0) is 24.0 Å².